The standard InChI is InChI=1S/C21H22N4O5/c1-14(2)30-21(27)16-7-4-6-15(12-16)19-22-24-25(23-19)10-11-29-18-9-5-8-17(13-18)20(26)28-3/h4-9,12-14H,10-11H2,1-3H3. The third-order valence-corrected chi connectivity index (χ3v) is 3.97. The normalized spacial score (nSPS) is 10.7. The number of hydrogen-bond donors (Lipinski definition) is 0. The van der Waals surface area contributed by atoms with Crippen LogP contribution in [-0.2, 0) is 16.0 Å². The minimum absolute atomic E-state index is 0.200. The van der Waals surface area contributed by atoms with Crippen LogP contribution in [0.1, 0.15) is 34.6 Å². The maximum absolute atomic E-state index is 12.1. The van der Waals surface area contributed by atoms with Crippen LogP contribution in [-0.4, -0.2) is 52.0 Å². The molecule has 156 valence electrons. The van der Waals surface area contributed by atoms with Gasteiger partial charge in [0.05, 0.1) is 30.9 Å². The molecule has 9 nitrogen and oxygen atoms in total. The van der Waals surface area contributed by atoms with E-state index in [1.165, 1.54) is 11.9 Å². The van der Waals surface area contributed by atoms with Gasteiger partial charge in [0.15, 0.2) is 0 Å². The number of rotatable bonds is 8. The highest BCUT2D eigenvalue weighted by Gasteiger charge is 2.13. The number of carbonyl (C=O) groups excluding carboxylic acids is 2. The summed E-state index contributed by atoms with van der Waals surface area (Å²) in [5.41, 5.74) is 1.49. The van der Waals surface area contributed by atoms with Gasteiger partial charge in [-0.3, -0.25) is 0 Å². The van der Waals surface area contributed by atoms with Crippen molar-refractivity contribution in [1.82, 2.24) is 20.2 Å². The van der Waals surface area contributed by atoms with Crippen molar-refractivity contribution in [3.8, 4) is 17.1 Å². The van der Waals surface area contributed by atoms with Gasteiger partial charge in [0.1, 0.15) is 12.4 Å². The summed E-state index contributed by atoms with van der Waals surface area (Å²) >= 11 is 0. The molecule has 0 spiro atoms. The summed E-state index contributed by atoms with van der Waals surface area (Å²) in [6, 6.07) is 13.6. The lowest BCUT2D eigenvalue weighted by Crippen LogP contribution is -2.12. The lowest BCUT2D eigenvalue weighted by Gasteiger charge is -2.08. The molecule has 3 aromatic rings. The molecule has 0 unspecified atom stereocenters. The molecular formula is C21H22N4O5. The van der Waals surface area contributed by atoms with E-state index in [4.69, 9.17) is 14.2 Å². The minimum Gasteiger partial charge on any atom is -0.492 e. The molecule has 0 fully saturated rings. The van der Waals surface area contributed by atoms with Crippen molar-refractivity contribution in [2.45, 2.75) is 26.5 Å². The maximum atomic E-state index is 12.1. The monoisotopic (exact) mass is 410 g/mol. The fourth-order valence-corrected chi connectivity index (χ4v) is 2.60. The molecule has 2 aromatic carbocycles. The lowest BCUT2D eigenvalue weighted by molar-refractivity contribution is 0.0377. The quantitative estimate of drug-likeness (QED) is 0.522. The van der Waals surface area contributed by atoms with E-state index in [-0.39, 0.29) is 12.7 Å². The molecule has 0 saturated heterocycles. The average Bonchev–Trinajstić information content (AvgIpc) is 3.22. The number of nitrogens with zero attached hydrogens (tertiary/aromatic N) is 4. The van der Waals surface area contributed by atoms with E-state index in [0.29, 0.717) is 34.8 Å². The van der Waals surface area contributed by atoms with E-state index in [1.54, 1.807) is 62.4 Å². The Labute approximate surface area is 173 Å². The molecule has 30 heavy (non-hydrogen) atoms. The highest BCUT2D eigenvalue weighted by Crippen LogP contribution is 2.17. The summed E-state index contributed by atoms with van der Waals surface area (Å²) in [5.74, 6) is 0.0980. The first-order valence-electron chi connectivity index (χ1n) is 9.36. The first-order valence-corrected chi connectivity index (χ1v) is 9.36. The van der Waals surface area contributed by atoms with Gasteiger partial charge in [0.25, 0.3) is 0 Å². The van der Waals surface area contributed by atoms with E-state index >= 15 is 0 Å². The smallest absolute Gasteiger partial charge is 0.338 e. The van der Waals surface area contributed by atoms with Gasteiger partial charge >= 0.3 is 11.9 Å². The summed E-state index contributed by atoms with van der Waals surface area (Å²) in [6.07, 6.45) is -0.200. The second-order valence-corrected chi connectivity index (χ2v) is 6.61. The first kappa shape index (κ1) is 21.0. The Balaban J connectivity index is 1.61. The van der Waals surface area contributed by atoms with Crippen LogP contribution >= 0.6 is 0 Å². The second kappa shape index (κ2) is 9.64. The van der Waals surface area contributed by atoms with E-state index in [2.05, 4.69) is 15.4 Å². The van der Waals surface area contributed by atoms with Crippen molar-refractivity contribution < 1.29 is 23.8 Å². The van der Waals surface area contributed by atoms with Crippen molar-refractivity contribution in [2.24, 2.45) is 0 Å². The fourth-order valence-electron chi connectivity index (χ4n) is 2.60. The van der Waals surface area contributed by atoms with Crippen LogP contribution in [0.15, 0.2) is 48.5 Å². The number of aromatic nitrogens is 4. The molecule has 0 N–H and O–H groups in total. The highest BCUT2D eigenvalue weighted by molar-refractivity contribution is 5.91. The van der Waals surface area contributed by atoms with Gasteiger partial charge in [-0.05, 0) is 49.4 Å². The topological polar surface area (TPSA) is 105 Å². The van der Waals surface area contributed by atoms with E-state index in [9.17, 15) is 9.59 Å². The van der Waals surface area contributed by atoms with Gasteiger partial charge in [-0.25, -0.2) is 9.59 Å². The molecular weight excluding hydrogens is 388 g/mol. The Morgan fingerprint density at radius 3 is 2.50 bits per heavy atom. The van der Waals surface area contributed by atoms with Crippen LogP contribution in [0.5, 0.6) is 5.75 Å². The molecule has 1 heterocycles. The number of tetrazole rings is 1. The Morgan fingerprint density at radius 1 is 1.03 bits per heavy atom. The van der Waals surface area contributed by atoms with Crippen molar-refractivity contribution in [1.29, 1.82) is 0 Å². The Bertz CT molecular complexity index is 1030. The van der Waals surface area contributed by atoms with Crippen molar-refractivity contribution >= 4 is 11.9 Å². The molecule has 1 aromatic heterocycles. The van der Waals surface area contributed by atoms with Crippen LogP contribution in [0, 0.1) is 0 Å². The molecule has 0 radical (unpaired) electrons. The number of esters is 2. The van der Waals surface area contributed by atoms with E-state index < -0.39 is 11.9 Å². The number of methoxy groups -OCH3 is 1. The average molecular weight is 410 g/mol. The summed E-state index contributed by atoms with van der Waals surface area (Å²) < 4.78 is 15.6. The second-order valence-electron chi connectivity index (χ2n) is 6.61. The summed E-state index contributed by atoms with van der Waals surface area (Å²) in [7, 11) is 1.33. The van der Waals surface area contributed by atoms with Crippen molar-refractivity contribution in [3.05, 3.63) is 59.7 Å². The maximum Gasteiger partial charge on any atom is 0.338 e. The first-order chi connectivity index (χ1) is 14.5. The Hall–Kier alpha value is -3.75. The lowest BCUT2D eigenvalue weighted by atomic mass is 10.1. The highest BCUT2D eigenvalue weighted by atomic mass is 16.5. The van der Waals surface area contributed by atoms with Crippen LogP contribution in [0.2, 0.25) is 0 Å². The van der Waals surface area contributed by atoms with Crippen LogP contribution < -0.4 is 4.74 Å². The van der Waals surface area contributed by atoms with Gasteiger partial charge in [0.2, 0.25) is 5.82 Å². The zero-order valence-electron chi connectivity index (χ0n) is 16.9. The molecule has 0 aliphatic carbocycles. The van der Waals surface area contributed by atoms with Crippen LogP contribution in [0.4, 0.5) is 0 Å². The third kappa shape index (κ3) is 5.40. The molecule has 0 aliphatic rings. The number of hydrogen-bond acceptors (Lipinski definition) is 8. The molecule has 0 atom stereocenters. The van der Waals surface area contributed by atoms with Crippen molar-refractivity contribution in [3.63, 3.8) is 0 Å². The minimum atomic E-state index is -0.428. The van der Waals surface area contributed by atoms with Gasteiger partial charge in [-0.1, -0.05) is 18.2 Å². The van der Waals surface area contributed by atoms with Crippen molar-refractivity contribution in [2.75, 3.05) is 13.7 Å². The Morgan fingerprint density at radius 2 is 1.77 bits per heavy atom. The predicted octanol–water partition coefficient (Wildman–Crippen LogP) is 2.77. The molecule has 0 amide bonds. The van der Waals surface area contributed by atoms with Crippen LogP contribution in [0.25, 0.3) is 11.4 Å². The van der Waals surface area contributed by atoms with Gasteiger partial charge in [-0.15, -0.1) is 10.2 Å². The third-order valence-electron chi connectivity index (χ3n) is 3.97. The number of benzene rings is 2. The largest absolute Gasteiger partial charge is 0.492 e. The molecule has 3 rings (SSSR count). The zero-order chi connectivity index (χ0) is 21.5. The summed E-state index contributed by atoms with van der Waals surface area (Å²) in [4.78, 5) is 25.1. The molecule has 0 bridgehead atoms. The zero-order valence-corrected chi connectivity index (χ0v) is 16.9. The number of ether oxygens (including phenoxy) is 3. The van der Waals surface area contributed by atoms with E-state index in [0.717, 1.165) is 0 Å². The van der Waals surface area contributed by atoms with E-state index in [1.807, 2.05) is 0 Å². The fraction of sp³-hybridized carbons (Fsp3) is 0.286. The van der Waals surface area contributed by atoms with Gasteiger partial charge in [0, 0.05) is 5.56 Å². The number of carbonyl (C=O) groups is 2. The predicted molar refractivity (Wildman–Crippen MR) is 107 cm³/mol. The summed E-state index contributed by atoms with van der Waals surface area (Å²) in [6.45, 7) is 4.22. The molecule has 0 aliphatic heterocycles. The molecule has 0 saturated carbocycles. The summed E-state index contributed by atoms with van der Waals surface area (Å²) in [5, 5.41) is 12.4. The van der Waals surface area contributed by atoms with Crippen LogP contribution in [0.3, 0.4) is 0 Å². The van der Waals surface area contributed by atoms with Gasteiger partial charge < -0.3 is 14.2 Å². The molecule has 9 heteroatoms. The SMILES string of the molecule is COC(=O)c1cccc(OCCn2nnc(-c3cccc(C(=O)OC(C)C)c3)n2)c1. The van der Waals surface area contributed by atoms with Gasteiger partial charge in [-0.2, -0.15) is 4.80 Å². The Kier molecular flexibility index (Phi) is 6.74.